The summed E-state index contributed by atoms with van der Waals surface area (Å²) in [5.41, 5.74) is 2.33. The zero-order chi connectivity index (χ0) is 14.5. The van der Waals surface area contributed by atoms with Crippen molar-refractivity contribution >= 4 is 5.91 Å². The lowest BCUT2D eigenvalue weighted by Crippen LogP contribution is -2.22. The van der Waals surface area contributed by atoms with E-state index < -0.39 is 0 Å². The number of carbonyl (C=O) groups is 1. The van der Waals surface area contributed by atoms with E-state index in [1.165, 1.54) is 5.56 Å². The highest BCUT2D eigenvalue weighted by atomic mass is 16.1. The maximum Gasteiger partial charge on any atom is 0.220 e. The molecular weight excluding hydrogens is 234 g/mol. The number of amides is 1. The van der Waals surface area contributed by atoms with Gasteiger partial charge in [-0.25, -0.2) is 0 Å². The Kier molecular flexibility index (Phi) is 10.3. The van der Waals surface area contributed by atoms with E-state index in [1.54, 1.807) is 0 Å². The number of aryl methyl sites for hydroxylation is 1. The van der Waals surface area contributed by atoms with Gasteiger partial charge in [0.1, 0.15) is 0 Å². The first kappa shape index (κ1) is 17.2. The van der Waals surface area contributed by atoms with Crippen molar-refractivity contribution in [2.24, 2.45) is 0 Å². The SMILES string of the molecule is CC.CCCc1cccc(C#CCNC(=O)CC)c1. The first-order valence-electron chi connectivity index (χ1n) is 7.10. The normalized spacial score (nSPS) is 8.63. The van der Waals surface area contributed by atoms with E-state index in [0.29, 0.717) is 13.0 Å². The molecule has 2 heteroatoms. The van der Waals surface area contributed by atoms with Crippen molar-refractivity contribution in [3.8, 4) is 11.8 Å². The molecule has 1 amide bonds. The summed E-state index contributed by atoms with van der Waals surface area (Å²) in [6.45, 7) is 8.42. The molecule has 2 nitrogen and oxygen atoms in total. The van der Waals surface area contributed by atoms with Crippen LogP contribution in [0, 0.1) is 11.8 Å². The van der Waals surface area contributed by atoms with Crippen molar-refractivity contribution in [2.75, 3.05) is 6.54 Å². The number of rotatable bonds is 4. The fourth-order valence-electron chi connectivity index (χ4n) is 1.51. The molecule has 0 saturated carbocycles. The van der Waals surface area contributed by atoms with Crippen LogP contribution in [-0.4, -0.2) is 12.5 Å². The smallest absolute Gasteiger partial charge is 0.220 e. The summed E-state index contributed by atoms with van der Waals surface area (Å²) >= 11 is 0. The number of benzene rings is 1. The molecule has 0 bridgehead atoms. The predicted molar refractivity (Wildman–Crippen MR) is 82.0 cm³/mol. The van der Waals surface area contributed by atoms with Crippen LogP contribution in [0.15, 0.2) is 24.3 Å². The van der Waals surface area contributed by atoms with E-state index in [1.807, 2.05) is 32.9 Å². The molecule has 0 spiro atoms. The summed E-state index contributed by atoms with van der Waals surface area (Å²) in [5, 5.41) is 2.73. The molecule has 0 aliphatic heterocycles. The predicted octanol–water partition coefficient (Wildman–Crippen LogP) is 3.54. The van der Waals surface area contributed by atoms with E-state index in [-0.39, 0.29) is 5.91 Å². The molecule has 104 valence electrons. The van der Waals surface area contributed by atoms with Gasteiger partial charge in [0.2, 0.25) is 5.91 Å². The van der Waals surface area contributed by atoms with Crippen molar-refractivity contribution in [1.29, 1.82) is 0 Å². The van der Waals surface area contributed by atoms with Crippen molar-refractivity contribution in [2.45, 2.75) is 47.0 Å². The monoisotopic (exact) mass is 259 g/mol. The molecular formula is C17H25NO. The third kappa shape index (κ3) is 8.05. The van der Waals surface area contributed by atoms with Crippen LogP contribution < -0.4 is 5.32 Å². The van der Waals surface area contributed by atoms with Crippen LogP contribution in [0.4, 0.5) is 0 Å². The summed E-state index contributed by atoms with van der Waals surface area (Å²) in [5.74, 6) is 6.05. The molecule has 0 unspecified atom stereocenters. The van der Waals surface area contributed by atoms with Crippen LogP contribution >= 0.6 is 0 Å². The van der Waals surface area contributed by atoms with Crippen LogP contribution in [0.3, 0.4) is 0 Å². The minimum Gasteiger partial charge on any atom is -0.345 e. The largest absolute Gasteiger partial charge is 0.345 e. The van der Waals surface area contributed by atoms with Gasteiger partial charge < -0.3 is 5.32 Å². The fourth-order valence-corrected chi connectivity index (χ4v) is 1.51. The van der Waals surface area contributed by atoms with Crippen molar-refractivity contribution in [3.05, 3.63) is 35.4 Å². The first-order valence-corrected chi connectivity index (χ1v) is 7.10. The van der Waals surface area contributed by atoms with Gasteiger partial charge in [0.05, 0.1) is 6.54 Å². The van der Waals surface area contributed by atoms with Crippen molar-refractivity contribution in [3.63, 3.8) is 0 Å². The molecule has 0 saturated heterocycles. The molecule has 0 atom stereocenters. The highest BCUT2D eigenvalue weighted by molar-refractivity contribution is 5.75. The van der Waals surface area contributed by atoms with E-state index in [9.17, 15) is 4.79 Å². The standard InChI is InChI=1S/C15H19NO.C2H6/c1-3-7-13-8-5-9-14(12-13)10-6-11-16-15(17)4-2;1-2/h5,8-9,12H,3-4,7,11H2,1-2H3,(H,16,17);1-2H3. The van der Waals surface area contributed by atoms with Gasteiger partial charge >= 0.3 is 0 Å². The van der Waals surface area contributed by atoms with E-state index in [2.05, 4.69) is 36.2 Å². The van der Waals surface area contributed by atoms with Gasteiger partial charge in [-0.1, -0.05) is 58.1 Å². The van der Waals surface area contributed by atoms with Gasteiger partial charge in [-0.2, -0.15) is 0 Å². The van der Waals surface area contributed by atoms with Crippen LogP contribution in [-0.2, 0) is 11.2 Å². The summed E-state index contributed by atoms with van der Waals surface area (Å²) < 4.78 is 0. The molecule has 0 aliphatic carbocycles. The maximum atomic E-state index is 11.0. The lowest BCUT2D eigenvalue weighted by atomic mass is 10.1. The molecule has 1 aromatic rings. The Bertz CT molecular complexity index is 426. The highest BCUT2D eigenvalue weighted by Crippen LogP contribution is 2.06. The summed E-state index contributed by atoms with van der Waals surface area (Å²) in [6.07, 6.45) is 2.74. The quantitative estimate of drug-likeness (QED) is 0.823. The van der Waals surface area contributed by atoms with Gasteiger partial charge in [0.25, 0.3) is 0 Å². The second-order valence-corrected chi connectivity index (χ2v) is 3.88. The molecule has 0 heterocycles. The Morgan fingerprint density at radius 2 is 2.00 bits per heavy atom. The average Bonchev–Trinajstić information content (AvgIpc) is 2.46. The van der Waals surface area contributed by atoms with E-state index in [4.69, 9.17) is 0 Å². The summed E-state index contributed by atoms with van der Waals surface area (Å²) in [4.78, 5) is 11.0. The zero-order valence-electron chi connectivity index (χ0n) is 12.5. The zero-order valence-corrected chi connectivity index (χ0v) is 12.5. The topological polar surface area (TPSA) is 29.1 Å². The van der Waals surface area contributed by atoms with E-state index in [0.717, 1.165) is 18.4 Å². The molecule has 1 aromatic carbocycles. The van der Waals surface area contributed by atoms with Crippen LogP contribution in [0.25, 0.3) is 0 Å². The number of hydrogen-bond acceptors (Lipinski definition) is 1. The minimum atomic E-state index is 0.0408. The van der Waals surface area contributed by atoms with Crippen LogP contribution in [0.2, 0.25) is 0 Å². The van der Waals surface area contributed by atoms with E-state index >= 15 is 0 Å². The number of nitrogens with one attached hydrogen (secondary N) is 1. The molecule has 0 aromatic heterocycles. The molecule has 1 N–H and O–H groups in total. The highest BCUT2D eigenvalue weighted by Gasteiger charge is 1.93. The number of hydrogen-bond donors (Lipinski definition) is 1. The van der Waals surface area contributed by atoms with Crippen LogP contribution in [0.5, 0.6) is 0 Å². The van der Waals surface area contributed by atoms with Crippen molar-refractivity contribution in [1.82, 2.24) is 5.32 Å². The molecule has 1 rings (SSSR count). The third-order valence-electron chi connectivity index (χ3n) is 2.39. The van der Waals surface area contributed by atoms with Crippen molar-refractivity contribution < 1.29 is 4.79 Å². The second-order valence-electron chi connectivity index (χ2n) is 3.88. The Balaban J connectivity index is 0.00000154. The Morgan fingerprint density at radius 1 is 1.26 bits per heavy atom. The number of carbonyl (C=O) groups excluding carboxylic acids is 1. The lowest BCUT2D eigenvalue weighted by molar-refractivity contribution is -0.120. The third-order valence-corrected chi connectivity index (χ3v) is 2.39. The van der Waals surface area contributed by atoms with Gasteiger partial charge in [-0.15, -0.1) is 0 Å². The fraction of sp³-hybridized carbons (Fsp3) is 0.471. The summed E-state index contributed by atoms with van der Waals surface area (Å²) in [6, 6.07) is 8.25. The van der Waals surface area contributed by atoms with Gasteiger partial charge in [0, 0.05) is 12.0 Å². The summed E-state index contributed by atoms with van der Waals surface area (Å²) in [7, 11) is 0. The Labute approximate surface area is 117 Å². The Morgan fingerprint density at radius 3 is 2.63 bits per heavy atom. The van der Waals surface area contributed by atoms with Gasteiger partial charge in [0.15, 0.2) is 0 Å². The van der Waals surface area contributed by atoms with Gasteiger partial charge in [-0.3, -0.25) is 4.79 Å². The lowest BCUT2D eigenvalue weighted by Gasteiger charge is -1.98. The van der Waals surface area contributed by atoms with Crippen LogP contribution in [0.1, 0.15) is 51.7 Å². The molecule has 0 fully saturated rings. The minimum absolute atomic E-state index is 0.0408. The Hall–Kier alpha value is -1.75. The maximum absolute atomic E-state index is 11.0. The first-order chi connectivity index (χ1) is 9.26. The van der Waals surface area contributed by atoms with Gasteiger partial charge in [-0.05, 0) is 24.1 Å². The second kappa shape index (κ2) is 11.3. The molecule has 0 radical (unpaired) electrons. The molecule has 0 aliphatic rings. The average molecular weight is 259 g/mol. The molecule has 19 heavy (non-hydrogen) atoms.